The molecule has 0 saturated heterocycles. The van der Waals surface area contributed by atoms with Gasteiger partial charge in [0, 0.05) is 26.9 Å². The van der Waals surface area contributed by atoms with Crippen LogP contribution in [0.5, 0.6) is 0 Å². The van der Waals surface area contributed by atoms with E-state index in [1.807, 2.05) is 11.8 Å². The van der Waals surface area contributed by atoms with Crippen LogP contribution in [0.4, 0.5) is 0 Å². The summed E-state index contributed by atoms with van der Waals surface area (Å²) in [5, 5.41) is 8.17. The van der Waals surface area contributed by atoms with Crippen LogP contribution in [0.15, 0.2) is 70.6 Å². The Labute approximate surface area is 262 Å². The van der Waals surface area contributed by atoms with E-state index in [4.69, 9.17) is 4.98 Å². The van der Waals surface area contributed by atoms with Crippen LogP contribution in [0, 0.1) is 16.2 Å². The van der Waals surface area contributed by atoms with Crippen LogP contribution in [0.25, 0.3) is 43.6 Å². The summed E-state index contributed by atoms with van der Waals surface area (Å²) >= 11 is 1.98. The highest BCUT2D eigenvalue weighted by molar-refractivity contribution is 8.00. The van der Waals surface area contributed by atoms with Crippen molar-refractivity contribution in [2.45, 2.75) is 110 Å². The lowest BCUT2D eigenvalue weighted by Gasteiger charge is -2.34. The minimum Gasteiger partial charge on any atom is -0.256 e. The van der Waals surface area contributed by atoms with E-state index in [1.165, 1.54) is 90.0 Å². The predicted octanol–water partition coefficient (Wildman–Crippen LogP) is 12.5. The van der Waals surface area contributed by atoms with Crippen LogP contribution in [0.1, 0.15) is 104 Å². The predicted molar refractivity (Wildman–Crippen MR) is 188 cm³/mol. The molecule has 1 aliphatic carbocycles. The Kier molecular flexibility index (Phi) is 6.79. The van der Waals surface area contributed by atoms with Crippen molar-refractivity contribution in [3.63, 3.8) is 0 Å². The third-order valence-electron chi connectivity index (χ3n) is 9.83. The number of fused-ring (bicyclic) bond motifs is 5. The van der Waals surface area contributed by atoms with E-state index in [0.717, 1.165) is 18.5 Å². The second-order valence-corrected chi connectivity index (χ2v) is 17.8. The smallest absolute Gasteiger partial charge is 0.0803 e. The molecule has 0 atom stereocenters. The standard InChI is InChI=1S/C41H47NS/c1-39(2,3)23-25-9-12-30-29(19-25)21-33-37-36-31(15-18-42-37)32-20-27(26-13-16-41(7,8)17-14-26)10-11-28(32)22-35(36)43-38(33)34(30)24-40(4,5)6/h9-12,15,18-22,26H,13-14,16-17,23-24H2,1-8H3. The molecule has 43 heavy (non-hydrogen) atoms. The molecule has 222 valence electrons. The highest BCUT2D eigenvalue weighted by Crippen LogP contribution is 2.53. The number of hydrogen-bond acceptors (Lipinski definition) is 2. The molecule has 1 saturated carbocycles. The molecule has 0 amide bonds. The normalized spacial score (nSPS) is 17.1. The van der Waals surface area contributed by atoms with E-state index < -0.39 is 0 Å². The topological polar surface area (TPSA) is 12.9 Å². The zero-order valence-corrected chi connectivity index (χ0v) is 28.3. The Balaban J connectivity index is 1.42. The van der Waals surface area contributed by atoms with Crippen molar-refractivity contribution in [3.05, 3.63) is 77.5 Å². The SMILES string of the molecule is CC(C)(C)Cc1ccc2c(CC(C)(C)C)c3c(cc2c1)-c1nccc2c1c(cc1ccc(C4CCC(C)(C)CC4)cc12)S3. The van der Waals surface area contributed by atoms with Gasteiger partial charge in [0.1, 0.15) is 0 Å². The van der Waals surface area contributed by atoms with Crippen LogP contribution < -0.4 is 0 Å². The number of aromatic nitrogens is 1. The van der Waals surface area contributed by atoms with Gasteiger partial charge >= 0.3 is 0 Å². The molecule has 0 unspecified atom stereocenters. The first-order valence-electron chi connectivity index (χ1n) is 16.4. The van der Waals surface area contributed by atoms with Crippen molar-refractivity contribution < 1.29 is 0 Å². The Hall–Kier alpha value is -2.84. The first-order valence-corrected chi connectivity index (χ1v) is 17.2. The maximum Gasteiger partial charge on any atom is 0.0803 e. The van der Waals surface area contributed by atoms with Crippen LogP contribution in [0.2, 0.25) is 0 Å². The van der Waals surface area contributed by atoms with Crippen molar-refractivity contribution in [2.24, 2.45) is 16.2 Å². The molecular formula is C41H47NS. The van der Waals surface area contributed by atoms with Crippen molar-refractivity contribution in [1.29, 1.82) is 0 Å². The van der Waals surface area contributed by atoms with Crippen LogP contribution in [0.3, 0.4) is 0 Å². The van der Waals surface area contributed by atoms with E-state index >= 15 is 0 Å². The van der Waals surface area contributed by atoms with Crippen molar-refractivity contribution in [1.82, 2.24) is 4.98 Å². The summed E-state index contributed by atoms with van der Waals surface area (Å²) < 4.78 is 0. The van der Waals surface area contributed by atoms with E-state index in [9.17, 15) is 0 Å². The first-order chi connectivity index (χ1) is 20.2. The quantitative estimate of drug-likeness (QED) is 0.192. The lowest BCUT2D eigenvalue weighted by Crippen LogP contribution is -2.20. The summed E-state index contributed by atoms with van der Waals surface area (Å²) in [6.07, 6.45) is 9.40. The molecule has 4 aromatic carbocycles. The van der Waals surface area contributed by atoms with E-state index in [1.54, 1.807) is 0 Å². The molecule has 0 spiro atoms. The number of benzene rings is 4. The van der Waals surface area contributed by atoms with Crippen molar-refractivity contribution in [2.75, 3.05) is 0 Å². The molecule has 0 radical (unpaired) electrons. The number of nitrogens with zero attached hydrogens (tertiary/aromatic N) is 1. The minimum absolute atomic E-state index is 0.181. The fraction of sp³-hybridized carbons (Fsp3) is 0.439. The van der Waals surface area contributed by atoms with E-state index in [-0.39, 0.29) is 10.8 Å². The molecule has 1 aromatic heterocycles. The third-order valence-corrected chi connectivity index (χ3v) is 11.0. The molecule has 0 bridgehead atoms. The maximum absolute atomic E-state index is 5.13. The van der Waals surface area contributed by atoms with Crippen molar-refractivity contribution in [3.8, 4) is 11.3 Å². The minimum atomic E-state index is 0.181. The fourth-order valence-electron chi connectivity index (χ4n) is 7.70. The number of rotatable bonds is 3. The molecule has 2 aliphatic rings. The maximum atomic E-state index is 5.13. The second-order valence-electron chi connectivity index (χ2n) is 16.7. The first kappa shape index (κ1) is 28.9. The Morgan fingerprint density at radius 1 is 0.767 bits per heavy atom. The largest absolute Gasteiger partial charge is 0.256 e. The highest BCUT2D eigenvalue weighted by Gasteiger charge is 2.30. The monoisotopic (exact) mass is 585 g/mol. The van der Waals surface area contributed by atoms with Gasteiger partial charge in [-0.3, -0.25) is 4.98 Å². The molecule has 2 heteroatoms. The van der Waals surface area contributed by atoms with Gasteiger partial charge in [-0.1, -0.05) is 104 Å². The van der Waals surface area contributed by atoms with Gasteiger partial charge in [-0.05, 0) is 123 Å². The van der Waals surface area contributed by atoms with E-state index in [0.29, 0.717) is 11.3 Å². The van der Waals surface area contributed by atoms with Crippen molar-refractivity contribution >= 4 is 44.1 Å². The molecule has 0 N–H and O–H groups in total. The van der Waals surface area contributed by atoms with Crippen LogP contribution in [-0.4, -0.2) is 4.98 Å². The Morgan fingerprint density at radius 3 is 2.23 bits per heavy atom. The summed E-state index contributed by atoms with van der Waals surface area (Å²) in [6, 6.07) is 21.7. The molecule has 7 rings (SSSR count). The van der Waals surface area contributed by atoms with Gasteiger partial charge in [-0.15, -0.1) is 0 Å². The van der Waals surface area contributed by atoms with Gasteiger partial charge in [-0.25, -0.2) is 0 Å². The second kappa shape index (κ2) is 10.1. The summed E-state index contributed by atoms with van der Waals surface area (Å²) in [5.41, 5.74) is 7.81. The summed E-state index contributed by atoms with van der Waals surface area (Å²) in [7, 11) is 0. The molecule has 1 fully saturated rings. The van der Waals surface area contributed by atoms with Gasteiger partial charge in [-0.2, -0.15) is 0 Å². The molecular weight excluding hydrogens is 539 g/mol. The third kappa shape index (κ3) is 5.50. The molecule has 5 aromatic rings. The zero-order chi connectivity index (χ0) is 30.3. The number of pyridine rings is 1. The van der Waals surface area contributed by atoms with Crippen LogP contribution >= 0.6 is 11.8 Å². The van der Waals surface area contributed by atoms with Gasteiger partial charge in [0.15, 0.2) is 0 Å². The number of hydrogen-bond donors (Lipinski definition) is 0. The zero-order valence-electron chi connectivity index (χ0n) is 27.4. The van der Waals surface area contributed by atoms with Gasteiger partial charge in [0.05, 0.1) is 5.69 Å². The Morgan fingerprint density at radius 2 is 1.51 bits per heavy atom. The Bertz CT molecular complexity index is 1890. The van der Waals surface area contributed by atoms with Crippen LogP contribution in [-0.2, 0) is 12.8 Å². The lowest BCUT2D eigenvalue weighted by atomic mass is 9.71. The van der Waals surface area contributed by atoms with E-state index in [2.05, 4.69) is 116 Å². The average Bonchev–Trinajstić information content (AvgIpc) is 2.92. The average molecular weight is 586 g/mol. The van der Waals surface area contributed by atoms with Gasteiger partial charge < -0.3 is 0 Å². The van der Waals surface area contributed by atoms with Gasteiger partial charge in [0.25, 0.3) is 0 Å². The molecule has 2 heterocycles. The highest BCUT2D eigenvalue weighted by atomic mass is 32.2. The lowest BCUT2D eigenvalue weighted by molar-refractivity contribution is 0.224. The van der Waals surface area contributed by atoms with Gasteiger partial charge in [0.2, 0.25) is 0 Å². The molecule has 1 nitrogen and oxygen atoms in total. The molecule has 1 aliphatic heterocycles. The fourth-order valence-corrected chi connectivity index (χ4v) is 8.98. The summed E-state index contributed by atoms with van der Waals surface area (Å²) in [6.45, 7) is 19.0. The summed E-state index contributed by atoms with van der Waals surface area (Å²) in [5.74, 6) is 0.671. The summed E-state index contributed by atoms with van der Waals surface area (Å²) in [4.78, 5) is 7.88.